The van der Waals surface area contributed by atoms with Crippen LogP contribution in [0.1, 0.15) is 20.8 Å². The van der Waals surface area contributed by atoms with E-state index >= 15 is 0 Å². The fourth-order valence-corrected chi connectivity index (χ4v) is 0.599. The minimum atomic E-state index is -0.740. The third-order valence-corrected chi connectivity index (χ3v) is 1.60. The molecule has 0 N–H and O–H groups in total. The molecule has 0 aliphatic rings. The Labute approximate surface area is 76.8 Å². The van der Waals surface area contributed by atoms with E-state index in [-0.39, 0.29) is 5.88 Å². The van der Waals surface area contributed by atoms with Gasteiger partial charge in [-0.3, -0.25) is 4.79 Å². The number of carbonyl (C=O) groups is 1. The molecule has 0 radical (unpaired) electrons. The van der Waals surface area contributed by atoms with E-state index in [1.54, 1.807) is 20.8 Å². The van der Waals surface area contributed by atoms with Gasteiger partial charge in [-0.25, -0.2) is 0 Å². The molecule has 0 aliphatic heterocycles. The third-order valence-electron chi connectivity index (χ3n) is 0.798. The summed E-state index contributed by atoms with van der Waals surface area (Å²) in [6, 6.07) is 0. The number of halogens is 2. The first-order valence-electron chi connectivity index (χ1n) is 3.29. The molecule has 0 aromatic carbocycles. The predicted octanol–water partition coefficient (Wildman–Crippen LogP) is 2.17. The number of rotatable bonds is 2. The average Bonchev–Trinajstić information content (AvgIpc) is 1.82. The van der Waals surface area contributed by atoms with Crippen molar-refractivity contribution < 1.29 is 9.53 Å². The zero-order chi connectivity index (χ0) is 9.07. The van der Waals surface area contributed by atoms with Crippen LogP contribution in [-0.4, -0.2) is 22.8 Å². The van der Waals surface area contributed by atoms with Crippen LogP contribution in [-0.2, 0) is 9.53 Å². The van der Waals surface area contributed by atoms with Gasteiger partial charge in [-0.1, -0.05) is 0 Å². The zero-order valence-corrected chi connectivity index (χ0v) is 8.37. The lowest BCUT2D eigenvalue weighted by atomic mass is 10.2. The topological polar surface area (TPSA) is 26.3 Å². The van der Waals surface area contributed by atoms with Crippen molar-refractivity contribution in [2.45, 2.75) is 31.7 Å². The maximum Gasteiger partial charge on any atom is 0.325 e. The largest absolute Gasteiger partial charge is 0.459 e. The predicted molar refractivity (Wildman–Crippen MR) is 46.2 cm³/mol. The van der Waals surface area contributed by atoms with Crippen molar-refractivity contribution >= 4 is 29.2 Å². The van der Waals surface area contributed by atoms with Crippen LogP contribution in [0, 0.1) is 0 Å². The fraction of sp³-hybridized carbons (Fsp3) is 0.857. The monoisotopic (exact) mass is 198 g/mol. The Morgan fingerprint density at radius 1 is 1.55 bits per heavy atom. The lowest BCUT2D eigenvalue weighted by Crippen LogP contribution is -2.29. The highest BCUT2D eigenvalue weighted by Gasteiger charge is 2.22. The molecule has 2 nitrogen and oxygen atoms in total. The van der Waals surface area contributed by atoms with Gasteiger partial charge in [0.05, 0.1) is 0 Å². The van der Waals surface area contributed by atoms with Crippen LogP contribution in [0.25, 0.3) is 0 Å². The van der Waals surface area contributed by atoms with Gasteiger partial charge in [0.25, 0.3) is 0 Å². The third kappa shape index (κ3) is 5.33. The van der Waals surface area contributed by atoms with E-state index in [1.165, 1.54) is 0 Å². The molecule has 11 heavy (non-hydrogen) atoms. The quantitative estimate of drug-likeness (QED) is 0.503. The van der Waals surface area contributed by atoms with Crippen molar-refractivity contribution in [3.8, 4) is 0 Å². The lowest BCUT2D eigenvalue weighted by Gasteiger charge is -2.20. The Morgan fingerprint density at radius 3 is 2.27 bits per heavy atom. The van der Waals surface area contributed by atoms with Crippen LogP contribution in [0.2, 0.25) is 0 Å². The second kappa shape index (κ2) is 4.17. The van der Waals surface area contributed by atoms with E-state index in [4.69, 9.17) is 27.9 Å². The molecule has 0 saturated heterocycles. The zero-order valence-electron chi connectivity index (χ0n) is 6.86. The summed E-state index contributed by atoms with van der Waals surface area (Å²) < 4.78 is 4.94. The molecule has 0 rings (SSSR count). The number of carbonyl (C=O) groups excluding carboxylic acids is 1. The summed E-state index contributed by atoms with van der Waals surface area (Å²) in [4.78, 5) is 11.0. The van der Waals surface area contributed by atoms with Gasteiger partial charge in [-0.2, -0.15) is 0 Å². The number of esters is 1. The molecular formula is C7H12Cl2O2. The molecule has 0 heterocycles. The summed E-state index contributed by atoms with van der Waals surface area (Å²) in [5.41, 5.74) is -0.490. The summed E-state index contributed by atoms with van der Waals surface area (Å²) in [6.45, 7) is 5.34. The Morgan fingerprint density at radius 2 is 2.00 bits per heavy atom. The van der Waals surface area contributed by atoms with E-state index in [1.807, 2.05) is 0 Å². The van der Waals surface area contributed by atoms with Crippen molar-refractivity contribution in [3.05, 3.63) is 0 Å². The number of hydrogen-bond acceptors (Lipinski definition) is 2. The minimum absolute atomic E-state index is 0.0798. The van der Waals surface area contributed by atoms with Crippen LogP contribution < -0.4 is 0 Å². The molecule has 0 spiro atoms. The van der Waals surface area contributed by atoms with Crippen LogP contribution >= 0.6 is 23.2 Å². The number of alkyl halides is 2. The van der Waals surface area contributed by atoms with Crippen molar-refractivity contribution in [1.29, 1.82) is 0 Å². The van der Waals surface area contributed by atoms with Crippen LogP contribution in [0.4, 0.5) is 0 Å². The molecule has 0 aliphatic carbocycles. The molecule has 1 atom stereocenters. The highest BCUT2D eigenvalue weighted by Crippen LogP contribution is 2.11. The average molecular weight is 199 g/mol. The minimum Gasteiger partial charge on any atom is -0.459 e. The van der Waals surface area contributed by atoms with Gasteiger partial charge in [0, 0.05) is 5.88 Å². The van der Waals surface area contributed by atoms with Crippen molar-refractivity contribution in [1.82, 2.24) is 0 Å². The maximum absolute atomic E-state index is 11.0. The summed E-state index contributed by atoms with van der Waals surface area (Å²) in [5, 5.41) is -0.740. The molecule has 0 amide bonds. The Bertz CT molecular complexity index is 140. The van der Waals surface area contributed by atoms with Crippen molar-refractivity contribution in [3.63, 3.8) is 0 Å². The molecule has 4 heteroatoms. The Hall–Kier alpha value is 0.0500. The molecule has 0 saturated carbocycles. The van der Waals surface area contributed by atoms with Gasteiger partial charge < -0.3 is 4.74 Å². The summed E-state index contributed by atoms with van der Waals surface area (Å²) in [6.07, 6.45) is 0. The summed E-state index contributed by atoms with van der Waals surface area (Å²) >= 11 is 10.9. The maximum atomic E-state index is 11.0. The molecule has 0 aromatic heterocycles. The first-order valence-corrected chi connectivity index (χ1v) is 4.27. The first-order chi connectivity index (χ1) is 4.87. The molecular weight excluding hydrogens is 187 g/mol. The first kappa shape index (κ1) is 11.1. The van der Waals surface area contributed by atoms with Gasteiger partial charge in [0.15, 0.2) is 0 Å². The van der Waals surface area contributed by atoms with E-state index in [0.717, 1.165) is 0 Å². The Balaban J connectivity index is 3.88. The second-order valence-corrected chi connectivity index (χ2v) is 3.99. The highest BCUT2D eigenvalue weighted by molar-refractivity contribution is 6.35. The normalized spacial score (nSPS) is 14.3. The van der Waals surface area contributed by atoms with Gasteiger partial charge in [0.2, 0.25) is 0 Å². The number of ether oxygens (including phenoxy) is 1. The molecule has 0 fully saturated rings. The standard InChI is InChI=1S/C7H12Cl2O2/c1-7(2,3)11-6(10)5(9)4-8/h5H,4H2,1-3H3. The van der Waals surface area contributed by atoms with E-state index in [2.05, 4.69) is 0 Å². The fourth-order valence-electron chi connectivity index (χ4n) is 0.429. The van der Waals surface area contributed by atoms with Gasteiger partial charge in [-0.05, 0) is 20.8 Å². The number of hydrogen-bond donors (Lipinski definition) is 0. The smallest absolute Gasteiger partial charge is 0.325 e. The summed E-state index contributed by atoms with van der Waals surface area (Å²) in [5.74, 6) is -0.384. The van der Waals surface area contributed by atoms with Crippen molar-refractivity contribution in [2.24, 2.45) is 0 Å². The SMILES string of the molecule is CC(C)(C)OC(=O)C(Cl)CCl. The molecule has 1 unspecified atom stereocenters. The van der Waals surface area contributed by atoms with Gasteiger partial charge in [-0.15, -0.1) is 23.2 Å². The molecule has 66 valence electrons. The van der Waals surface area contributed by atoms with E-state index in [9.17, 15) is 4.79 Å². The van der Waals surface area contributed by atoms with Crippen LogP contribution in [0.3, 0.4) is 0 Å². The van der Waals surface area contributed by atoms with Crippen molar-refractivity contribution in [2.75, 3.05) is 5.88 Å². The highest BCUT2D eigenvalue weighted by atomic mass is 35.5. The van der Waals surface area contributed by atoms with E-state index in [0.29, 0.717) is 0 Å². The lowest BCUT2D eigenvalue weighted by molar-refractivity contribution is -0.153. The molecule has 0 bridgehead atoms. The van der Waals surface area contributed by atoms with E-state index < -0.39 is 16.9 Å². The Kier molecular flexibility index (Phi) is 4.19. The van der Waals surface area contributed by atoms with Crippen LogP contribution in [0.15, 0.2) is 0 Å². The summed E-state index contributed by atoms with van der Waals surface area (Å²) in [7, 11) is 0. The van der Waals surface area contributed by atoms with Gasteiger partial charge in [0.1, 0.15) is 11.0 Å². The van der Waals surface area contributed by atoms with Crippen LogP contribution in [0.5, 0.6) is 0 Å². The molecule has 0 aromatic rings. The van der Waals surface area contributed by atoms with Gasteiger partial charge >= 0.3 is 5.97 Å². The second-order valence-electron chi connectivity index (χ2n) is 3.16.